The van der Waals surface area contributed by atoms with Gasteiger partial charge in [0, 0.05) is 6.07 Å². The maximum Gasteiger partial charge on any atom is 0.262 e. The summed E-state index contributed by atoms with van der Waals surface area (Å²) in [4.78, 5) is 30.6. The number of aromatic nitrogens is 2. The van der Waals surface area contributed by atoms with Gasteiger partial charge in [-0.1, -0.05) is 36.0 Å². The first-order chi connectivity index (χ1) is 16.4. The SMILES string of the molecule is COc1ccc(Cn2c(SC(C)C(=O)Nc3cc(F)ccc3F)nc3ccccc3c2=O)cc1. The summed E-state index contributed by atoms with van der Waals surface area (Å²) in [6, 6.07) is 17.1. The molecule has 6 nitrogen and oxygen atoms in total. The van der Waals surface area contributed by atoms with Crippen molar-refractivity contribution in [2.45, 2.75) is 23.9 Å². The molecule has 4 aromatic rings. The third-order valence-electron chi connectivity index (χ3n) is 5.16. The van der Waals surface area contributed by atoms with Crippen LogP contribution in [0.2, 0.25) is 0 Å². The molecule has 34 heavy (non-hydrogen) atoms. The summed E-state index contributed by atoms with van der Waals surface area (Å²) in [6.45, 7) is 1.84. The Kier molecular flexibility index (Phi) is 6.93. The average molecular weight is 482 g/mol. The van der Waals surface area contributed by atoms with E-state index in [1.165, 1.54) is 4.57 Å². The van der Waals surface area contributed by atoms with Gasteiger partial charge in [0.1, 0.15) is 17.4 Å². The molecule has 1 atom stereocenters. The molecule has 0 aliphatic rings. The molecule has 9 heteroatoms. The first-order valence-electron chi connectivity index (χ1n) is 10.4. The van der Waals surface area contributed by atoms with Crippen LogP contribution in [0.4, 0.5) is 14.5 Å². The number of nitrogens with one attached hydrogen (secondary N) is 1. The van der Waals surface area contributed by atoms with Gasteiger partial charge >= 0.3 is 0 Å². The number of carbonyl (C=O) groups excluding carboxylic acids is 1. The molecule has 0 saturated carbocycles. The van der Waals surface area contributed by atoms with Crippen LogP contribution in [0.1, 0.15) is 12.5 Å². The monoisotopic (exact) mass is 481 g/mol. The number of methoxy groups -OCH3 is 1. The van der Waals surface area contributed by atoms with Crippen molar-refractivity contribution < 1.29 is 18.3 Å². The van der Waals surface area contributed by atoms with Crippen LogP contribution in [0.5, 0.6) is 5.75 Å². The van der Waals surface area contributed by atoms with Gasteiger partial charge in [-0.25, -0.2) is 13.8 Å². The molecule has 1 N–H and O–H groups in total. The number of para-hydroxylation sites is 1. The number of nitrogens with zero attached hydrogens (tertiary/aromatic N) is 2. The quantitative estimate of drug-likeness (QED) is 0.302. The van der Waals surface area contributed by atoms with E-state index in [4.69, 9.17) is 4.74 Å². The Morgan fingerprint density at radius 1 is 1.12 bits per heavy atom. The number of anilines is 1. The van der Waals surface area contributed by atoms with Crippen LogP contribution >= 0.6 is 11.8 Å². The zero-order valence-corrected chi connectivity index (χ0v) is 19.2. The van der Waals surface area contributed by atoms with Crippen molar-refractivity contribution in [1.29, 1.82) is 0 Å². The van der Waals surface area contributed by atoms with Crippen molar-refractivity contribution in [1.82, 2.24) is 9.55 Å². The lowest BCUT2D eigenvalue weighted by Crippen LogP contribution is -2.27. The lowest BCUT2D eigenvalue weighted by molar-refractivity contribution is -0.115. The molecule has 0 aliphatic carbocycles. The van der Waals surface area contributed by atoms with Gasteiger partial charge in [0.05, 0.1) is 35.5 Å². The Bertz CT molecular complexity index is 1410. The minimum absolute atomic E-state index is 0.232. The molecule has 0 spiro atoms. The molecule has 0 radical (unpaired) electrons. The molecule has 0 fully saturated rings. The number of hydrogen-bond donors (Lipinski definition) is 1. The zero-order chi connectivity index (χ0) is 24.2. The van der Waals surface area contributed by atoms with E-state index in [9.17, 15) is 18.4 Å². The Balaban J connectivity index is 1.66. The largest absolute Gasteiger partial charge is 0.497 e. The summed E-state index contributed by atoms with van der Waals surface area (Å²) in [6.07, 6.45) is 0. The molecule has 1 aromatic heterocycles. The van der Waals surface area contributed by atoms with Crippen molar-refractivity contribution in [2.75, 3.05) is 12.4 Å². The van der Waals surface area contributed by atoms with Crippen molar-refractivity contribution >= 4 is 34.3 Å². The smallest absolute Gasteiger partial charge is 0.262 e. The van der Waals surface area contributed by atoms with Gasteiger partial charge in [-0.2, -0.15) is 0 Å². The molecular formula is C25H21F2N3O3S. The van der Waals surface area contributed by atoms with Gasteiger partial charge in [-0.05, 0) is 48.9 Å². The number of benzene rings is 3. The van der Waals surface area contributed by atoms with E-state index >= 15 is 0 Å². The molecule has 0 saturated heterocycles. The summed E-state index contributed by atoms with van der Waals surface area (Å²) in [5, 5.41) is 2.44. The fourth-order valence-corrected chi connectivity index (χ4v) is 4.24. The summed E-state index contributed by atoms with van der Waals surface area (Å²) >= 11 is 1.06. The van der Waals surface area contributed by atoms with Crippen molar-refractivity contribution in [3.8, 4) is 5.75 Å². The van der Waals surface area contributed by atoms with Gasteiger partial charge in [0.25, 0.3) is 5.56 Å². The lowest BCUT2D eigenvalue weighted by atomic mass is 10.2. The van der Waals surface area contributed by atoms with Crippen molar-refractivity contribution in [2.24, 2.45) is 0 Å². The fraction of sp³-hybridized carbons (Fsp3) is 0.160. The average Bonchev–Trinajstić information content (AvgIpc) is 2.84. The van der Waals surface area contributed by atoms with Crippen LogP contribution in [0.3, 0.4) is 0 Å². The number of hydrogen-bond acceptors (Lipinski definition) is 5. The van der Waals surface area contributed by atoms with Gasteiger partial charge in [0.15, 0.2) is 5.16 Å². The van der Waals surface area contributed by atoms with E-state index in [0.717, 1.165) is 35.5 Å². The summed E-state index contributed by atoms with van der Waals surface area (Å²) in [5.41, 5.74) is 0.859. The van der Waals surface area contributed by atoms with Crippen LogP contribution in [0, 0.1) is 11.6 Å². The van der Waals surface area contributed by atoms with Crippen molar-refractivity contribution in [3.63, 3.8) is 0 Å². The highest BCUT2D eigenvalue weighted by Crippen LogP contribution is 2.25. The second-order valence-corrected chi connectivity index (χ2v) is 8.83. The third kappa shape index (κ3) is 5.09. The molecule has 0 aliphatic heterocycles. The number of rotatable bonds is 7. The van der Waals surface area contributed by atoms with E-state index < -0.39 is 22.8 Å². The van der Waals surface area contributed by atoms with Crippen LogP contribution < -0.4 is 15.6 Å². The van der Waals surface area contributed by atoms with E-state index in [1.54, 1.807) is 50.4 Å². The van der Waals surface area contributed by atoms with E-state index in [-0.39, 0.29) is 17.8 Å². The second-order valence-electron chi connectivity index (χ2n) is 7.52. The normalized spacial score (nSPS) is 11.9. The van der Waals surface area contributed by atoms with Crippen LogP contribution in [0.15, 0.2) is 76.7 Å². The van der Waals surface area contributed by atoms with Gasteiger partial charge < -0.3 is 10.1 Å². The number of fused-ring (bicyclic) bond motifs is 1. The predicted molar refractivity (Wildman–Crippen MR) is 128 cm³/mol. The van der Waals surface area contributed by atoms with Crippen LogP contribution in [-0.2, 0) is 11.3 Å². The Labute approximate surface area is 198 Å². The zero-order valence-electron chi connectivity index (χ0n) is 18.4. The van der Waals surface area contributed by atoms with E-state index in [2.05, 4.69) is 10.3 Å². The van der Waals surface area contributed by atoms with Crippen molar-refractivity contribution in [3.05, 3.63) is 94.3 Å². The summed E-state index contributed by atoms with van der Waals surface area (Å²) in [7, 11) is 1.57. The molecule has 1 heterocycles. The number of carbonyl (C=O) groups is 1. The Morgan fingerprint density at radius 2 is 1.85 bits per heavy atom. The van der Waals surface area contributed by atoms with Crippen LogP contribution in [-0.4, -0.2) is 27.8 Å². The highest BCUT2D eigenvalue weighted by molar-refractivity contribution is 8.00. The summed E-state index contributed by atoms with van der Waals surface area (Å²) in [5.74, 6) is -1.26. The number of thioether (sulfide) groups is 1. The molecule has 0 bridgehead atoms. The van der Waals surface area contributed by atoms with Crippen LogP contribution in [0.25, 0.3) is 10.9 Å². The third-order valence-corrected chi connectivity index (χ3v) is 6.25. The second kappa shape index (κ2) is 10.0. The lowest BCUT2D eigenvalue weighted by Gasteiger charge is -2.17. The highest BCUT2D eigenvalue weighted by atomic mass is 32.2. The van der Waals surface area contributed by atoms with Gasteiger partial charge in [0.2, 0.25) is 5.91 Å². The minimum Gasteiger partial charge on any atom is -0.497 e. The minimum atomic E-state index is -0.752. The topological polar surface area (TPSA) is 73.2 Å². The van der Waals surface area contributed by atoms with E-state index in [1.807, 2.05) is 12.1 Å². The molecular weight excluding hydrogens is 460 g/mol. The van der Waals surface area contributed by atoms with E-state index in [0.29, 0.717) is 21.8 Å². The summed E-state index contributed by atoms with van der Waals surface area (Å²) < 4.78 is 34.1. The van der Waals surface area contributed by atoms with Gasteiger partial charge in [-0.15, -0.1) is 0 Å². The molecule has 3 aromatic carbocycles. The molecule has 4 rings (SSSR count). The maximum atomic E-state index is 14.0. The number of halogens is 2. The first-order valence-corrected chi connectivity index (χ1v) is 11.3. The Hall–Kier alpha value is -3.72. The number of amides is 1. The molecule has 1 amide bonds. The highest BCUT2D eigenvalue weighted by Gasteiger charge is 2.21. The standard InChI is InChI=1S/C25H21F2N3O3S/c1-15(23(31)28-22-13-17(26)9-12-20(22)27)34-25-29-21-6-4-3-5-19(21)24(32)30(25)14-16-7-10-18(33-2)11-8-16/h3-13,15H,14H2,1-2H3,(H,28,31). The Morgan fingerprint density at radius 3 is 2.59 bits per heavy atom. The predicted octanol–water partition coefficient (Wildman–Crippen LogP) is 4.85. The van der Waals surface area contributed by atoms with Gasteiger partial charge in [-0.3, -0.25) is 14.2 Å². The first kappa shape index (κ1) is 23.4. The molecule has 174 valence electrons. The fourth-order valence-electron chi connectivity index (χ4n) is 3.33. The number of ether oxygens (including phenoxy) is 1. The molecule has 1 unspecified atom stereocenters. The maximum absolute atomic E-state index is 14.0.